The van der Waals surface area contributed by atoms with Crippen molar-refractivity contribution in [3.63, 3.8) is 0 Å². The van der Waals surface area contributed by atoms with E-state index in [0.29, 0.717) is 10.0 Å². The van der Waals surface area contributed by atoms with Gasteiger partial charge in [0.1, 0.15) is 0 Å². The van der Waals surface area contributed by atoms with E-state index in [1.165, 1.54) is 49.3 Å². The monoisotopic (exact) mass is 538 g/mol. The van der Waals surface area contributed by atoms with Crippen molar-refractivity contribution in [2.24, 2.45) is 0 Å². The summed E-state index contributed by atoms with van der Waals surface area (Å²) in [6.45, 7) is 6.67. The topological polar surface area (TPSA) is 0 Å². The molecule has 3 heteroatoms. The first-order valence-electron chi connectivity index (χ1n) is 12.5. The molecule has 1 aliphatic carbocycles. The molecular weight excluding hydrogens is 510 g/mol. The van der Waals surface area contributed by atoms with Gasteiger partial charge in [-0.15, -0.1) is 0 Å². The van der Waals surface area contributed by atoms with E-state index < -0.39 is 7.92 Å². The van der Waals surface area contributed by atoms with Crippen molar-refractivity contribution in [3.05, 3.63) is 147 Å². The Morgan fingerprint density at radius 3 is 1.49 bits per heavy atom. The van der Waals surface area contributed by atoms with Crippen molar-refractivity contribution < 1.29 is 0 Å². The van der Waals surface area contributed by atoms with Crippen LogP contribution in [0.1, 0.15) is 27.8 Å². The summed E-state index contributed by atoms with van der Waals surface area (Å²) in [5.74, 6) is 0. The predicted octanol–water partition coefficient (Wildman–Crippen LogP) is 8.93. The molecule has 5 aromatic carbocycles. The molecule has 0 aromatic heterocycles. The molecule has 0 saturated carbocycles. The third kappa shape index (κ3) is 5.25. The van der Waals surface area contributed by atoms with Gasteiger partial charge in [0.2, 0.25) is 0 Å². The second kappa shape index (κ2) is 11.2. The summed E-state index contributed by atoms with van der Waals surface area (Å²) >= 11 is 12.2. The zero-order valence-electron chi connectivity index (χ0n) is 21.3. The van der Waals surface area contributed by atoms with E-state index >= 15 is 0 Å². The van der Waals surface area contributed by atoms with Gasteiger partial charge in [-0.05, 0) is 89.6 Å². The number of fused-ring (bicyclic) bond motifs is 3. The van der Waals surface area contributed by atoms with Gasteiger partial charge in [0.25, 0.3) is 0 Å². The first kappa shape index (κ1) is 25.7. The minimum absolute atomic E-state index is 0.508. The van der Waals surface area contributed by atoms with Crippen LogP contribution in [0, 0.1) is 20.8 Å². The average Bonchev–Trinajstić information content (AvgIpc) is 3.29. The molecule has 1 aliphatic rings. The second-order valence-corrected chi connectivity index (χ2v) is 12.3. The lowest BCUT2D eigenvalue weighted by Gasteiger charge is -2.24. The Balaban J connectivity index is 0.000000162. The Kier molecular flexibility index (Phi) is 7.82. The zero-order chi connectivity index (χ0) is 25.9. The molecule has 0 unspecified atom stereocenters. The van der Waals surface area contributed by atoms with Gasteiger partial charge >= 0.3 is 0 Å². The largest absolute Gasteiger partial charge is 0.0827 e. The van der Waals surface area contributed by atoms with Gasteiger partial charge in [-0.2, -0.15) is 0 Å². The minimum atomic E-state index is -0.508. The highest BCUT2D eigenvalue weighted by Crippen LogP contribution is 2.42. The van der Waals surface area contributed by atoms with E-state index in [4.69, 9.17) is 23.2 Å². The Morgan fingerprint density at radius 1 is 0.514 bits per heavy atom. The summed E-state index contributed by atoms with van der Waals surface area (Å²) in [7, 11) is -0.508. The summed E-state index contributed by atoms with van der Waals surface area (Å²) in [6, 6.07) is 38.7. The molecule has 0 atom stereocenters. The molecule has 0 amide bonds. The van der Waals surface area contributed by atoms with Crippen LogP contribution in [0.15, 0.2) is 109 Å². The van der Waals surface area contributed by atoms with Crippen molar-refractivity contribution in [1.29, 1.82) is 0 Å². The van der Waals surface area contributed by atoms with Gasteiger partial charge in [-0.25, -0.2) is 0 Å². The molecule has 0 radical (unpaired) electrons. The lowest BCUT2D eigenvalue weighted by Crippen LogP contribution is -2.25. The van der Waals surface area contributed by atoms with Crippen LogP contribution in [0.5, 0.6) is 0 Å². The lowest BCUT2D eigenvalue weighted by molar-refractivity contribution is 1.26. The van der Waals surface area contributed by atoms with Gasteiger partial charge in [0, 0.05) is 6.42 Å². The molecule has 184 valence electrons. The van der Waals surface area contributed by atoms with E-state index in [-0.39, 0.29) is 0 Å². The third-order valence-corrected chi connectivity index (χ3v) is 10.7. The zero-order valence-corrected chi connectivity index (χ0v) is 23.7. The fourth-order valence-electron chi connectivity index (χ4n) is 4.98. The van der Waals surface area contributed by atoms with Crippen molar-refractivity contribution >= 4 is 47.0 Å². The number of hydrogen-bond acceptors (Lipinski definition) is 0. The molecule has 37 heavy (non-hydrogen) atoms. The first-order chi connectivity index (χ1) is 18.0. The summed E-state index contributed by atoms with van der Waals surface area (Å²) in [5, 5.41) is 5.72. The lowest BCUT2D eigenvalue weighted by atomic mass is 10.1. The molecule has 0 spiro atoms. The van der Waals surface area contributed by atoms with E-state index in [0.717, 1.165) is 12.0 Å². The standard InChI is InChI=1S/C21H21P.C13H8Cl2/c1-16-10-4-7-13-19(16)22(20-14-8-5-11-17(20)2)21-15-9-6-12-18(21)3;14-12-6-5-10-9-4-2-1-3-8(9)7-11(10)13(12)15/h4-15H,1-3H3;1-6H,7H2. The Hall–Kier alpha value is -2.89. The normalized spacial score (nSPS) is 11.5. The van der Waals surface area contributed by atoms with Crippen LogP contribution in [-0.4, -0.2) is 0 Å². The molecule has 0 saturated heterocycles. The van der Waals surface area contributed by atoms with Gasteiger partial charge < -0.3 is 0 Å². The van der Waals surface area contributed by atoms with Crippen LogP contribution >= 0.6 is 31.1 Å². The first-order valence-corrected chi connectivity index (χ1v) is 14.6. The number of hydrogen-bond donors (Lipinski definition) is 0. The number of aryl methyl sites for hydroxylation is 3. The quantitative estimate of drug-likeness (QED) is 0.197. The van der Waals surface area contributed by atoms with E-state index in [1.54, 1.807) is 0 Å². The van der Waals surface area contributed by atoms with Crippen molar-refractivity contribution in [1.82, 2.24) is 0 Å². The van der Waals surface area contributed by atoms with Crippen molar-refractivity contribution in [2.45, 2.75) is 27.2 Å². The fourth-order valence-corrected chi connectivity index (χ4v) is 8.15. The van der Waals surface area contributed by atoms with Crippen LogP contribution in [0.25, 0.3) is 11.1 Å². The number of benzene rings is 5. The summed E-state index contributed by atoms with van der Waals surface area (Å²) < 4.78 is 0. The molecule has 5 aromatic rings. The minimum Gasteiger partial charge on any atom is -0.0827 e. The Labute approximate surface area is 231 Å². The van der Waals surface area contributed by atoms with Gasteiger partial charge in [0.15, 0.2) is 0 Å². The van der Waals surface area contributed by atoms with Gasteiger partial charge in [-0.1, -0.05) is 126 Å². The van der Waals surface area contributed by atoms with Crippen molar-refractivity contribution in [2.75, 3.05) is 0 Å². The van der Waals surface area contributed by atoms with Crippen LogP contribution < -0.4 is 15.9 Å². The highest BCUT2D eigenvalue weighted by atomic mass is 35.5. The molecule has 6 rings (SSSR count). The fraction of sp³-hybridized carbons (Fsp3) is 0.118. The van der Waals surface area contributed by atoms with E-state index in [2.05, 4.69) is 124 Å². The molecular formula is C34H29Cl2P. The van der Waals surface area contributed by atoms with Crippen LogP contribution in [0.2, 0.25) is 10.0 Å². The van der Waals surface area contributed by atoms with Crippen molar-refractivity contribution in [3.8, 4) is 11.1 Å². The predicted molar refractivity (Wildman–Crippen MR) is 164 cm³/mol. The number of halogens is 2. The summed E-state index contributed by atoms with van der Waals surface area (Å²) in [4.78, 5) is 0. The maximum atomic E-state index is 6.20. The molecule has 0 nitrogen and oxygen atoms in total. The number of rotatable bonds is 3. The molecule has 0 heterocycles. The molecule has 0 fully saturated rings. The molecule has 0 N–H and O–H groups in total. The summed E-state index contributed by atoms with van der Waals surface area (Å²) in [6.07, 6.45) is 0.894. The second-order valence-electron chi connectivity index (χ2n) is 9.42. The van der Waals surface area contributed by atoms with Crippen LogP contribution in [0.4, 0.5) is 0 Å². The maximum absolute atomic E-state index is 6.20. The van der Waals surface area contributed by atoms with Gasteiger partial charge in [0.05, 0.1) is 10.0 Å². The van der Waals surface area contributed by atoms with E-state index in [9.17, 15) is 0 Å². The highest BCUT2D eigenvalue weighted by molar-refractivity contribution is 7.80. The van der Waals surface area contributed by atoms with E-state index in [1.807, 2.05) is 6.07 Å². The smallest absolute Gasteiger partial charge is 0.0633 e. The Morgan fingerprint density at radius 2 is 0.973 bits per heavy atom. The molecule has 0 aliphatic heterocycles. The maximum Gasteiger partial charge on any atom is 0.0633 e. The van der Waals surface area contributed by atoms with Gasteiger partial charge in [-0.3, -0.25) is 0 Å². The highest BCUT2D eigenvalue weighted by Gasteiger charge is 2.22. The SMILES string of the molecule is Cc1ccccc1P(c1ccccc1C)c1ccccc1C.Clc1ccc2c(c1Cl)Cc1ccccc1-2. The van der Waals surface area contributed by atoms with Crippen LogP contribution in [-0.2, 0) is 6.42 Å². The summed E-state index contributed by atoms with van der Waals surface area (Å²) in [5.41, 5.74) is 9.12. The van der Waals surface area contributed by atoms with Crippen LogP contribution in [0.3, 0.4) is 0 Å². The average molecular weight is 539 g/mol. The third-order valence-electron chi connectivity index (χ3n) is 6.94. The Bertz CT molecular complexity index is 1460. The molecule has 0 bridgehead atoms.